The fourth-order valence-electron chi connectivity index (χ4n) is 3.68. The van der Waals surface area contributed by atoms with Gasteiger partial charge in [0.05, 0.1) is 19.3 Å². The summed E-state index contributed by atoms with van der Waals surface area (Å²) in [6.45, 7) is 15.7. The van der Waals surface area contributed by atoms with Gasteiger partial charge in [0.25, 0.3) is 0 Å². The summed E-state index contributed by atoms with van der Waals surface area (Å²) in [6.07, 6.45) is 7.27. The van der Waals surface area contributed by atoms with Crippen LogP contribution in [-0.2, 0) is 14.3 Å². The summed E-state index contributed by atoms with van der Waals surface area (Å²) in [5.74, 6) is 0.0408. The summed E-state index contributed by atoms with van der Waals surface area (Å²) in [6, 6.07) is -0.124. The van der Waals surface area contributed by atoms with Crippen LogP contribution in [0.25, 0.3) is 0 Å². The lowest BCUT2D eigenvalue weighted by atomic mass is 9.79. The van der Waals surface area contributed by atoms with Crippen molar-refractivity contribution in [3.8, 4) is 0 Å². The summed E-state index contributed by atoms with van der Waals surface area (Å²) >= 11 is 0. The molecule has 0 bridgehead atoms. The van der Waals surface area contributed by atoms with Crippen LogP contribution in [0.1, 0.15) is 52.9 Å². The number of amides is 2. The van der Waals surface area contributed by atoms with E-state index < -0.39 is 0 Å². The van der Waals surface area contributed by atoms with E-state index in [2.05, 4.69) is 39.2 Å². The summed E-state index contributed by atoms with van der Waals surface area (Å²) in [4.78, 5) is 27.6. The van der Waals surface area contributed by atoms with Gasteiger partial charge >= 0.3 is 0 Å². The molecule has 0 saturated carbocycles. The van der Waals surface area contributed by atoms with Crippen molar-refractivity contribution in [1.29, 1.82) is 0 Å². The predicted octanol–water partition coefficient (Wildman–Crippen LogP) is 3.31. The number of rotatable bonds is 11. The average molecular weight is 365 g/mol. The maximum absolute atomic E-state index is 13.0. The lowest BCUT2D eigenvalue weighted by Gasteiger charge is -2.38. The molecule has 1 heterocycles. The van der Waals surface area contributed by atoms with Crippen molar-refractivity contribution in [3.63, 3.8) is 0 Å². The zero-order chi connectivity index (χ0) is 19.6. The number of nitrogens with zero attached hydrogens (tertiary/aromatic N) is 1. The van der Waals surface area contributed by atoms with Crippen LogP contribution >= 0.6 is 0 Å². The third-order valence-corrected chi connectivity index (χ3v) is 5.77. The number of nitrogens with one attached hydrogen (secondary N) is 1. The minimum atomic E-state index is -0.321. The zero-order valence-electron chi connectivity index (χ0n) is 16.8. The van der Waals surface area contributed by atoms with Gasteiger partial charge in [-0.25, -0.2) is 0 Å². The first kappa shape index (κ1) is 22.4. The van der Waals surface area contributed by atoms with Crippen LogP contribution in [0, 0.1) is 11.3 Å². The average Bonchev–Trinajstić information content (AvgIpc) is 2.67. The highest BCUT2D eigenvalue weighted by molar-refractivity contribution is 5.83. The molecule has 148 valence electrons. The highest BCUT2D eigenvalue weighted by atomic mass is 16.5. The van der Waals surface area contributed by atoms with Gasteiger partial charge in [0, 0.05) is 24.4 Å². The maximum atomic E-state index is 13.0. The van der Waals surface area contributed by atoms with Crippen LogP contribution in [0.15, 0.2) is 25.3 Å². The number of hydrogen-bond acceptors (Lipinski definition) is 3. The molecule has 1 fully saturated rings. The molecule has 1 saturated heterocycles. The first-order valence-corrected chi connectivity index (χ1v) is 9.87. The minimum absolute atomic E-state index is 0.0803. The molecule has 0 aromatic heterocycles. The molecule has 1 atom stereocenters. The lowest BCUT2D eigenvalue weighted by molar-refractivity contribution is -0.145. The normalized spacial score (nSPS) is 17.8. The largest absolute Gasteiger partial charge is 0.377 e. The SMILES string of the molecule is C=CCC(CC=C)C(=O)N1CCOCC1CNC(=O)C(CC)(CC)CC. The number of carbonyl (C=O) groups is 2. The monoisotopic (exact) mass is 364 g/mol. The standard InChI is InChI=1S/C21H36N2O3/c1-6-11-17(12-7-2)19(24)23-13-14-26-16-18(23)15-22-20(25)21(8-3,9-4)10-5/h6-7,17-18H,1-2,8-16H2,3-5H3,(H,22,25). The fourth-order valence-corrected chi connectivity index (χ4v) is 3.68. The number of morpholine rings is 1. The van der Waals surface area contributed by atoms with E-state index in [1.807, 2.05) is 4.90 Å². The molecule has 5 nitrogen and oxygen atoms in total. The molecule has 1 N–H and O–H groups in total. The topological polar surface area (TPSA) is 58.6 Å². The molecule has 1 aliphatic heterocycles. The second kappa shape index (κ2) is 11.2. The van der Waals surface area contributed by atoms with Crippen LogP contribution in [0.5, 0.6) is 0 Å². The molecule has 26 heavy (non-hydrogen) atoms. The van der Waals surface area contributed by atoms with Crippen molar-refractivity contribution >= 4 is 11.8 Å². The Morgan fingerprint density at radius 2 is 1.77 bits per heavy atom. The van der Waals surface area contributed by atoms with Crippen LogP contribution in [-0.4, -0.2) is 49.1 Å². The molecule has 1 aliphatic rings. The second-order valence-corrected chi connectivity index (χ2v) is 7.06. The quantitative estimate of drug-likeness (QED) is 0.572. The van der Waals surface area contributed by atoms with Crippen LogP contribution in [0.4, 0.5) is 0 Å². The number of hydrogen-bond donors (Lipinski definition) is 1. The molecule has 0 spiro atoms. The lowest BCUT2D eigenvalue weighted by Crippen LogP contribution is -2.56. The highest BCUT2D eigenvalue weighted by Crippen LogP contribution is 2.30. The van der Waals surface area contributed by atoms with E-state index in [4.69, 9.17) is 4.74 Å². The molecule has 0 aliphatic carbocycles. The van der Waals surface area contributed by atoms with Crippen LogP contribution < -0.4 is 5.32 Å². The Balaban J connectivity index is 2.79. The molecule has 0 radical (unpaired) electrons. The van der Waals surface area contributed by atoms with Crippen molar-refractivity contribution < 1.29 is 14.3 Å². The van der Waals surface area contributed by atoms with Crippen molar-refractivity contribution in [2.24, 2.45) is 11.3 Å². The predicted molar refractivity (Wildman–Crippen MR) is 106 cm³/mol. The third-order valence-electron chi connectivity index (χ3n) is 5.77. The summed E-state index contributed by atoms with van der Waals surface area (Å²) in [5.41, 5.74) is -0.321. The van der Waals surface area contributed by atoms with Gasteiger partial charge in [0.15, 0.2) is 0 Å². The van der Waals surface area contributed by atoms with E-state index in [9.17, 15) is 9.59 Å². The molecule has 0 aromatic carbocycles. The van der Waals surface area contributed by atoms with Crippen LogP contribution in [0.2, 0.25) is 0 Å². The fraction of sp³-hybridized carbons (Fsp3) is 0.714. The van der Waals surface area contributed by atoms with E-state index >= 15 is 0 Å². The Morgan fingerprint density at radius 3 is 2.27 bits per heavy atom. The molecule has 1 rings (SSSR count). The van der Waals surface area contributed by atoms with Crippen LogP contribution in [0.3, 0.4) is 0 Å². The first-order chi connectivity index (χ1) is 12.5. The van der Waals surface area contributed by atoms with Gasteiger partial charge < -0.3 is 15.0 Å². The Kier molecular flexibility index (Phi) is 9.63. The van der Waals surface area contributed by atoms with Gasteiger partial charge in [-0.15, -0.1) is 13.2 Å². The van der Waals surface area contributed by atoms with Gasteiger partial charge in [-0.2, -0.15) is 0 Å². The van der Waals surface area contributed by atoms with E-state index in [0.29, 0.717) is 39.1 Å². The number of allylic oxidation sites excluding steroid dienone is 2. The van der Waals surface area contributed by atoms with Crippen molar-refractivity contribution in [1.82, 2.24) is 10.2 Å². The Morgan fingerprint density at radius 1 is 1.19 bits per heavy atom. The number of ether oxygens (including phenoxy) is 1. The first-order valence-electron chi connectivity index (χ1n) is 9.87. The van der Waals surface area contributed by atoms with Gasteiger partial charge in [0.1, 0.15) is 0 Å². The molecule has 1 unspecified atom stereocenters. The van der Waals surface area contributed by atoms with Gasteiger partial charge in [-0.05, 0) is 32.1 Å². The molecule has 2 amide bonds. The van der Waals surface area contributed by atoms with Crippen molar-refractivity contribution in [2.75, 3.05) is 26.3 Å². The Labute approximate surface area is 158 Å². The van der Waals surface area contributed by atoms with E-state index in [0.717, 1.165) is 19.3 Å². The molecule has 5 heteroatoms. The highest BCUT2D eigenvalue weighted by Gasteiger charge is 2.35. The summed E-state index contributed by atoms with van der Waals surface area (Å²) in [7, 11) is 0. The van der Waals surface area contributed by atoms with E-state index in [1.54, 1.807) is 12.2 Å². The van der Waals surface area contributed by atoms with Gasteiger partial charge in [-0.3, -0.25) is 9.59 Å². The molecular formula is C21H36N2O3. The summed E-state index contributed by atoms with van der Waals surface area (Å²) < 4.78 is 5.57. The smallest absolute Gasteiger partial charge is 0.226 e. The van der Waals surface area contributed by atoms with E-state index in [1.165, 1.54) is 0 Å². The van der Waals surface area contributed by atoms with Crippen molar-refractivity contribution in [3.05, 3.63) is 25.3 Å². The van der Waals surface area contributed by atoms with E-state index in [-0.39, 0.29) is 29.2 Å². The second-order valence-electron chi connectivity index (χ2n) is 7.06. The summed E-state index contributed by atoms with van der Waals surface area (Å²) in [5, 5.41) is 3.08. The Hall–Kier alpha value is -1.62. The zero-order valence-corrected chi connectivity index (χ0v) is 16.8. The maximum Gasteiger partial charge on any atom is 0.226 e. The third kappa shape index (κ3) is 5.44. The van der Waals surface area contributed by atoms with Crippen molar-refractivity contribution in [2.45, 2.75) is 58.9 Å². The minimum Gasteiger partial charge on any atom is -0.377 e. The molecule has 0 aromatic rings. The van der Waals surface area contributed by atoms with Gasteiger partial charge in [-0.1, -0.05) is 32.9 Å². The molecular weight excluding hydrogens is 328 g/mol. The Bertz CT molecular complexity index is 467. The van der Waals surface area contributed by atoms with Gasteiger partial charge in [0.2, 0.25) is 11.8 Å². The number of carbonyl (C=O) groups excluding carboxylic acids is 2.